The van der Waals surface area contributed by atoms with E-state index in [1.807, 2.05) is 0 Å². The first-order valence-electron chi connectivity index (χ1n) is 18.5. The van der Waals surface area contributed by atoms with Crippen molar-refractivity contribution in [1.82, 2.24) is 0 Å². The van der Waals surface area contributed by atoms with Crippen LogP contribution in [0.5, 0.6) is 0 Å². The van der Waals surface area contributed by atoms with E-state index in [1.54, 1.807) is 0 Å². The van der Waals surface area contributed by atoms with Crippen LogP contribution >= 0.6 is 7.82 Å². The normalized spacial score (nSPS) is 13.9. The van der Waals surface area contributed by atoms with Crippen LogP contribution in [-0.2, 0) is 32.7 Å². The molecule has 0 bridgehead atoms. The van der Waals surface area contributed by atoms with Gasteiger partial charge in [-0.2, -0.15) is 0 Å². The highest BCUT2D eigenvalue weighted by Gasteiger charge is 2.25. The number of hydrogen-bond donors (Lipinski definition) is 2. The minimum absolute atomic E-state index is 0.0472. The maximum absolute atomic E-state index is 12.4. The molecule has 0 saturated heterocycles. The van der Waals surface area contributed by atoms with Crippen molar-refractivity contribution in [3.63, 3.8) is 0 Å². The Morgan fingerprint density at radius 3 is 1.70 bits per heavy atom. The first kappa shape index (κ1) is 45.2. The lowest BCUT2D eigenvalue weighted by Gasteiger charge is -2.19. The third-order valence-corrected chi connectivity index (χ3v) is 8.51. The second-order valence-corrected chi connectivity index (χ2v) is 13.5. The fourth-order valence-corrected chi connectivity index (χ4v) is 5.53. The Bertz CT molecular complexity index is 876. The largest absolute Gasteiger partial charge is 0.472 e. The number of hydrogen-bond acceptors (Lipinski definition) is 8. The van der Waals surface area contributed by atoms with Crippen LogP contribution < -0.4 is 5.73 Å². The molecule has 274 valence electrons. The highest BCUT2D eigenvalue weighted by molar-refractivity contribution is 7.47. The van der Waals surface area contributed by atoms with Crippen LogP contribution in [0.3, 0.4) is 0 Å². The van der Waals surface area contributed by atoms with Crippen molar-refractivity contribution in [3.8, 4) is 0 Å². The van der Waals surface area contributed by atoms with E-state index in [0.717, 1.165) is 44.9 Å². The summed E-state index contributed by atoms with van der Waals surface area (Å²) in [5.74, 6) is -0.894. The van der Waals surface area contributed by atoms with Gasteiger partial charge in [0.2, 0.25) is 0 Å². The number of phosphoric ester groups is 1. The van der Waals surface area contributed by atoms with Gasteiger partial charge in [0, 0.05) is 19.4 Å². The Balaban J connectivity index is 4.29. The molecule has 0 aliphatic heterocycles. The Labute approximate surface area is 286 Å². The number of carbonyl (C=O) groups is 2. The minimum atomic E-state index is -4.37. The van der Waals surface area contributed by atoms with Gasteiger partial charge in [0.05, 0.1) is 13.2 Å². The molecule has 0 aliphatic carbocycles. The summed E-state index contributed by atoms with van der Waals surface area (Å²) in [4.78, 5) is 34.5. The summed E-state index contributed by atoms with van der Waals surface area (Å²) in [6, 6.07) is 0. The molecule has 0 amide bonds. The summed E-state index contributed by atoms with van der Waals surface area (Å²) in [7, 11) is -4.37. The monoisotopic (exact) mass is 685 g/mol. The van der Waals surface area contributed by atoms with Gasteiger partial charge in [-0.3, -0.25) is 18.6 Å². The average molecular weight is 686 g/mol. The zero-order valence-corrected chi connectivity index (χ0v) is 30.7. The number of esters is 2. The lowest BCUT2D eigenvalue weighted by molar-refractivity contribution is -0.161. The van der Waals surface area contributed by atoms with E-state index >= 15 is 0 Å². The molecule has 0 aromatic heterocycles. The molecule has 3 N–H and O–H groups in total. The summed E-state index contributed by atoms with van der Waals surface area (Å²) in [6.07, 6.45) is 34.8. The van der Waals surface area contributed by atoms with Crippen LogP contribution in [0.2, 0.25) is 0 Å². The summed E-state index contributed by atoms with van der Waals surface area (Å²) < 4.78 is 32.5. The molecular formula is C37H68NO8P. The molecule has 0 aromatic carbocycles. The Hall–Kier alpha value is -1.77. The van der Waals surface area contributed by atoms with Crippen molar-refractivity contribution in [2.24, 2.45) is 5.73 Å². The molecule has 1 unspecified atom stereocenters. The van der Waals surface area contributed by atoms with Crippen LogP contribution in [0.1, 0.15) is 155 Å². The number of allylic oxidation sites excluding steroid dienone is 6. The van der Waals surface area contributed by atoms with Crippen molar-refractivity contribution in [3.05, 3.63) is 36.5 Å². The summed E-state index contributed by atoms with van der Waals surface area (Å²) in [6.45, 7) is 3.62. The first-order chi connectivity index (χ1) is 22.8. The molecule has 0 heterocycles. The number of unbranched alkanes of at least 4 members (excludes halogenated alkanes) is 15. The fourth-order valence-electron chi connectivity index (χ4n) is 4.77. The van der Waals surface area contributed by atoms with E-state index in [9.17, 15) is 19.0 Å². The lowest BCUT2D eigenvalue weighted by atomic mass is 10.1. The SMILES string of the molecule is CCCCCCCC/C=C/C/C=C/C/C=C/CCCC(=O)OC[C@@H](COP(=O)(O)OCCN)OC(=O)CCCCCCCCCCC. The standard InChI is InChI=1S/C37H68NO8P/c1-3-5-7-9-11-13-14-15-16-17-18-19-20-22-23-25-27-29-36(39)43-33-35(34-45-47(41,42)44-32-31-38)46-37(40)30-28-26-24-21-12-10-8-6-4-2/h15-16,18-19,22-23,35H,3-14,17,20-21,24-34,38H2,1-2H3,(H,41,42)/b16-15+,19-18+,23-22+/t35-/m0/s1. The molecule has 0 saturated carbocycles. The van der Waals surface area contributed by atoms with Crippen LogP contribution in [0.25, 0.3) is 0 Å². The van der Waals surface area contributed by atoms with Crippen molar-refractivity contribution >= 4 is 19.8 Å². The van der Waals surface area contributed by atoms with Gasteiger partial charge in [0.1, 0.15) is 6.61 Å². The van der Waals surface area contributed by atoms with Crippen molar-refractivity contribution < 1.29 is 37.6 Å². The number of carbonyl (C=O) groups excluding carboxylic acids is 2. The van der Waals surface area contributed by atoms with E-state index in [0.29, 0.717) is 12.8 Å². The first-order valence-corrected chi connectivity index (χ1v) is 20.0. The number of nitrogens with two attached hydrogens (primary N) is 1. The fraction of sp³-hybridized carbons (Fsp3) is 0.784. The van der Waals surface area contributed by atoms with E-state index in [1.165, 1.54) is 70.6 Å². The van der Waals surface area contributed by atoms with Gasteiger partial charge in [-0.1, -0.05) is 134 Å². The summed E-state index contributed by atoms with van der Waals surface area (Å²) in [5, 5.41) is 0. The van der Waals surface area contributed by atoms with Gasteiger partial charge in [-0.15, -0.1) is 0 Å². The smallest absolute Gasteiger partial charge is 0.462 e. The van der Waals surface area contributed by atoms with Crippen molar-refractivity contribution in [2.45, 2.75) is 161 Å². The van der Waals surface area contributed by atoms with Crippen molar-refractivity contribution in [2.75, 3.05) is 26.4 Å². The molecule has 0 fully saturated rings. The highest BCUT2D eigenvalue weighted by atomic mass is 31.2. The van der Waals surface area contributed by atoms with Crippen LogP contribution in [0, 0.1) is 0 Å². The predicted octanol–water partition coefficient (Wildman–Crippen LogP) is 9.82. The maximum Gasteiger partial charge on any atom is 0.472 e. The molecule has 0 spiro atoms. The van der Waals surface area contributed by atoms with Gasteiger partial charge in [-0.25, -0.2) is 4.57 Å². The Morgan fingerprint density at radius 1 is 0.638 bits per heavy atom. The van der Waals surface area contributed by atoms with Crippen LogP contribution in [0.15, 0.2) is 36.5 Å². The topological polar surface area (TPSA) is 134 Å². The van der Waals surface area contributed by atoms with Gasteiger partial charge >= 0.3 is 19.8 Å². The third-order valence-electron chi connectivity index (χ3n) is 7.53. The highest BCUT2D eigenvalue weighted by Crippen LogP contribution is 2.43. The number of ether oxygens (including phenoxy) is 2. The van der Waals surface area contributed by atoms with Gasteiger partial charge < -0.3 is 20.1 Å². The van der Waals surface area contributed by atoms with Gasteiger partial charge in [0.15, 0.2) is 6.10 Å². The van der Waals surface area contributed by atoms with E-state index in [2.05, 4.69) is 50.3 Å². The second-order valence-electron chi connectivity index (χ2n) is 12.1. The average Bonchev–Trinajstić information content (AvgIpc) is 3.05. The molecule has 0 rings (SSSR count). The molecule has 2 atom stereocenters. The number of rotatable bonds is 34. The molecule has 10 heteroatoms. The second kappa shape index (κ2) is 34.1. The minimum Gasteiger partial charge on any atom is -0.462 e. The number of phosphoric acid groups is 1. The zero-order valence-electron chi connectivity index (χ0n) is 29.8. The van der Waals surface area contributed by atoms with E-state index in [-0.39, 0.29) is 32.6 Å². The van der Waals surface area contributed by atoms with Gasteiger partial charge in [-0.05, 0) is 44.9 Å². The molecule has 0 radical (unpaired) electrons. The summed E-state index contributed by atoms with van der Waals surface area (Å²) in [5.41, 5.74) is 5.31. The van der Waals surface area contributed by atoms with E-state index < -0.39 is 32.5 Å². The van der Waals surface area contributed by atoms with Gasteiger partial charge in [0.25, 0.3) is 0 Å². The summed E-state index contributed by atoms with van der Waals surface area (Å²) >= 11 is 0. The maximum atomic E-state index is 12.4. The molecular weight excluding hydrogens is 617 g/mol. The van der Waals surface area contributed by atoms with Crippen molar-refractivity contribution in [1.29, 1.82) is 0 Å². The quantitative estimate of drug-likeness (QED) is 0.0294. The third kappa shape index (κ3) is 33.9. The zero-order chi connectivity index (χ0) is 34.7. The molecule has 0 aromatic rings. The molecule has 0 aliphatic rings. The molecule has 47 heavy (non-hydrogen) atoms. The van der Waals surface area contributed by atoms with Crippen LogP contribution in [0.4, 0.5) is 0 Å². The predicted molar refractivity (Wildman–Crippen MR) is 192 cm³/mol. The van der Waals surface area contributed by atoms with Crippen LogP contribution in [-0.4, -0.2) is 49.3 Å². The molecule has 9 nitrogen and oxygen atoms in total. The van der Waals surface area contributed by atoms with E-state index in [4.69, 9.17) is 24.3 Å². The lowest BCUT2D eigenvalue weighted by Crippen LogP contribution is -2.29. The Kier molecular flexibility index (Phi) is 32.8. The Morgan fingerprint density at radius 2 is 1.13 bits per heavy atom.